The first kappa shape index (κ1) is 19.1. The monoisotopic (exact) mass is 389 g/mol. The van der Waals surface area contributed by atoms with Gasteiger partial charge in [0.25, 0.3) is 5.91 Å². The Morgan fingerprint density at radius 1 is 1.22 bits per heavy atom. The van der Waals surface area contributed by atoms with E-state index in [1.165, 1.54) is 4.90 Å². The molecule has 1 aliphatic heterocycles. The van der Waals surface area contributed by atoms with Crippen molar-refractivity contribution in [3.8, 4) is 0 Å². The van der Waals surface area contributed by atoms with Gasteiger partial charge in [-0.05, 0) is 31.0 Å². The zero-order valence-corrected chi connectivity index (χ0v) is 15.6. The van der Waals surface area contributed by atoms with Crippen molar-refractivity contribution in [1.29, 1.82) is 0 Å². The molecule has 1 aromatic heterocycles. The summed E-state index contributed by atoms with van der Waals surface area (Å²) in [5, 5.41) is 10.4. The number of carbonyl (C=O) groups excluding carboxylic acids is 2. The molecule has 7 nitrogen and oxygen atoms in total. The predicted octanol–water partition coefficient (Wildman–Crippen LogP) is 2.28. The molecule has 2 heterocycles. The summed E-state index contributed by atoms with van der Waals surface area (Å²) in [6, 6.07) is 8.68. The third kappa shape index (κ3) is 4.36. The number of piperidine rings is 1. The fourth-order valence-electron chi connectivity index (χ4n) is 3.16. The number of rotatable bonds is 4. The molecule has 1 N–H and O–H groups in total. The maximum atomic E-state index is 12.6. The molecule has 1 aromatic carbocycles. The zero-order valence-electron chi connectivity index (χ0n) is 14.9. The molecular weight excluding hydrogens is 370 g/mol. The van der Waals surface area contributed by atoms with Crippen LogP contribution in [0.5, 0.6) is 0 Å². The topological polar surface area (TPSA) is 90.8 Å². The summed E-state index contributed by atoms with van der Waals surface area (Å²) in [5.41, 5.74) is 0.855. The molecule has 27 heavy (non-hydrogen) atoms. The number of benzene rings is 1. The van der Waals surface area contributed by atoms with Crippen LogP contribution < -0.4 is 0 Å². The first-order chi connectivity index (χ1) is 12.8. The van der Waals surface area contributed by atoms with Crippen molar-refractivity contribution in [3.63, 3.8) is 0 Å². The smallest absolute Gasteiger partial charge is 0.306 e. The number of likely N-dealkylation sites (N-methyl/N-ethyl adjacent to an activating group) is 1. The number of carboxylic acids is 1. The molecule has 142 valence electrons. The summed E-state index contributed by atoms with van der Waals surface area (Å²) >= 11 is 5.98. The number of aliphatic carboxylic acids is 1. The van der Waals surface area contributed by atoms with E-state index in [0.29, 0.717) is 36.5 Å². The number of amides is 2. The van der Waals surface area contributed by atoms with Crippen LogP contribution in [0.3, 0.4) is 0 Å². The minimum Gasteiger partial charge on any atom is -0.481 e. The molecule has 1 fully saturated rings. The fraction of sp³-hybridized carbons (Fsp3) is 0.368. The van der Waals surface area contributed by atoms with Crippen molar-refractivity contribution in [3.05, 3.63) is 41.0 Å². The Morgan fingerprint density at radius 3 is 2.56 bits per heavy atom. The van der Waals surface area contributed by atoms with E-state index in [4.69, 9.17) is 16.7 Å². The molecule has 2 amide bonds. The number of pyridine rings is 1. The Hall–Kier alpha value is -2.67. The Balaban J connectivity index is 1.63. The van der Waals surface area contributed by atoms with Crippen molar-refractivity contribution in [2.75, 3.05) is 26.7 Å². The van der Waals surface area contributed by atoms with E-state index in [1.54, 1.807) is 36.2 Å². The molecule has 2 aromatic rings. The van der Waals surface area contributed by atoms with Crippen LogP contribution in [0, 0.1) is 5.92 Å². The molecule has 1 saturated heterocycles. The quantitative estimate of drug-likeness (QED) is 0.866. The second-order valence-corrected chi connectivity index (χ2v) is 7.12. The maximum absolute atomic E-state index is 12.6. The van der Waals surface area contributed by atoms with E-state index >= 15 is 0 Å². The molecule has 0 bridgehead atoms. The van der Waals surface area contributed by atoms with E-state index in [9.17, 15) is 14.4 Å². The number of fused-ring (bicyclic) bond motifs is 1. The van der Waals surface area contributed by atoms with Crippen LogP contribution >= 0.6 is 11.6 Å². The molecule has 1 aliphatic rings. The number of carboxylic acid groups (broad SMARTS) is 1. The summed E-state index contributed by atoms with van der Waals surface area (Å²) < 4.78 is 0. The van der Waals surface area contributed by atoms with Gasteiger partial charge in [-0.15, -0.1) is 0 Å². The SMILES string of the molecule is CN(CC(=O)N1CCC(C(=O)O)CC1)C(=O)c1ccc2ccc(Cl)cc2n1. The summed E-state index contributed by atoms with van der Waals surface area (Å²) in [6.45, 7) is 0.709. The van der Waals surface area contributed by atoms with Crippen molar-refractivity contribution in [2.24, 2.45) is 5.92 Å². The van der Waals surface area contributed by atoms with Crippen LogP contribution in [0.15, 0.2) is 30.3 Å². The van der Waals surface area contributed by atoms with Crippen LogP contribution in [0.2, 0.25) is 5.02 Å². The lowest BCUT2D eigenvalue weighted by Crippen LogP contribution is -2.45. The minimum atomic E-state index is -0.822. The first-order valence-electron chi connectivity index (χ1n) is 8.67. The Morgan fingerprint density at radius 2 is 1.89 bits per heavy atom. The molecule has 0 saturated carbocycles. The number of aromatic nitrogens is 1. The normalized spacial score (nSPS) is 15.0. The average molecular weight is 390 g/mol. The van der Waals surface area contributed by atoms with Gasteiger partial charge in [-0.1, -0.05) is 23.7 Å². The van der Waals surface area contributed by atoms with Crippen molar-refractivity contribution in [2.45, 2.75) is 12.8 Å². The van der Waals surface area contributed by atoms with E-state index in [0.717, 1.165) is 5.39 Å². The van der Waals surface area contributed by atoms with Crippen molar-refractivity contribution >= 4 is 40.3 Å². The van der Waals surface area contributed by atoms with E-state index in [-0.39, 0.29) is 24.1 Å². The van der Waals surface area contributed by atoms with Gasteiger partial charge in [0.05, 0.1) is 18.0 Å². The van der Waals surface area contributed by atoms with Crippen LogP contribution in [0.4, 0.5) is 0 Å². The highest BCUT2D eigenvalue weighted by Gasteiger charge is 2.28. The summed E-state index contributed by atoms with van der Waals surface area (Å²) in [7, 11) is 1.55. The lowest BCUT2D eigenvalue weighted by atomic mass is 9.97. The molecule has 0 aliphatic carbocycles. The van der Waals surface area contributed by atoms with Crippen LogP contribution in [-0.4, -0.2) is 64.4 Å². The third-order valence-electron chi connectivity index (χ3n) is 4.79. The lowest BCUT2D eigenvalue weighted by Gasteiger charge is -2.31. The van der Waals surface area contributed by atoms with Gasteiger partial charge in [0.1, 0.15) is 5.69 Å². The van der Waals surface area contributed by atoms with Crippen LogP contribution in [0.25, 0.3) is 10.9 Å². The molecule has 0 unspecified atom stereocenters. The van der Waals surface area contributed by atoms with Gasteiger partial charge in [-0.25, -0.2) is 4.98 Å². The van der Waals surface area contributed by atoms with Crippen molar-refractivity contribution < 1.29 is 19.5 Å². The highest BCUT2D eigenvalue weighted by atomic mass is 35.5. The molecule has 0 radical (unpaired) electrons. The molecule has 8 heteroatoms. The Labute approximate surface area is 161 Å². The maximum Gasteiger partial charge on any atom is 0.306 e. The van der Waals surface area contributed by atoms with E-state index in [1.807, 2.05) is 6.07 Å². The fourth-order valence-corrected chi connectivity index (χ4v) is 3.32. The van der Waals surface area contributed by atoms with Gasteiger partial charge in [-0.3, -0.25) is 14.4 Å². The second kappa shape index (κ2) is 7.92. The second-order valence-electron chi connectivity index (χ2n) is 6.69. The average Bonchev–Trinajstić information content (AvgIpc) is 2.66. The molecule has 0 atom stereocenters. The standard InChI is InChI=1S/C19H20ClN3O4/c1-22(11-17(24)23-8-6-13(7-9-23)19(26)27)18(25)15-5-3-12-2-4-14(20)10-16(12)21-15/h2-5,10,13H,6-9,11H2,1H3,(H,26,27). The zero-order chi connectivity index (χ0) is 19.6. The van der Waals surface area contributed by atoms with Gasteiger partial charge >= 0.3 is 5.97 Å². The summed E-state index contributed by atoms with van der Waals surface area (Å²) in [4.78, 5) is 43.3. The number of carbonyl (C=O) groups is 3. The molecular formula is C19H20ClN3O4. The Kier molecular flexibility index (Phi) is 5.60. The highest BCUT2D eigenvalue weighted by molar-refractivity contribution is 6.31. The number of nitrogens with zero attached hydrogens (tertiary/aromatic N) is 3. The predicted molar refractivity (Wildman–Crippen MR) is 101 cm³/mol. The summed E-state index contributed by atoms with van der Waals surface area (Å²) in [6.07, 6.45) is 0.872. The van der Waals surface area contributed by atoms with Crippen LogP contribution in [-0.2, 0) is 9.59 Å². The van der Waals surface area contributed by atoms with Gasteiger partial charge in [-0.2, -0.15) is 0 Å². The number of halogens is 1. The first-order valence-corrected chi connectivity index (χ1v) is 9.05. The van der Waals surface area contributed by atoms with Gasteiger partial charge in [0.2, 0.25) is 5.91 Å². The van der Waals surface area contributed by atoms with Crippen LogP contribution in [0.1, 0.15) is 23.3 Å². The minimum absolute atomic E-state index is 0.0775. The van der Waals surface area contributed by atoms with Gasteiger partial charge in [0.15, 0.2) is 0 Å². The third-order valence-corrected chi connectivity index (χ3v) is 5.02. The molecule has 0 spiro atoms. The Bertz CT molecular complexity index is 894. The summed E-state index contributed by atoms with van der Waals surface area (Å²) in [5.74, 6) is -1.77. The van der Waals surface area contributed by atoms with E-state index in [2.05, 4.69) is 4.98 Å². The highest BCUT2D eigenvalue weighted by Crippen LogP contribution is 2.19. The lowest BCUT2D eigenvalue weighted by molar-refractivity contribution is -0.145. The number of hydrogen-bond acceptors (Lipinski definition) is 4. The number of likely N-dealkylation sites (tertiary alicyclic amines) is 1. The van der Waals surface area contributed by atoms with E-state index < -0.39 is 11.9 Å². The van der Waals surface area contributed by atoms with Gasteiger partial charge < -0.3 is 14.9 Å². The molecule has 3 rings (SSSR count). The number of hydrogen-bond donors (Lipinski definition) is 1. The van der Waals surface area contributed by atoms with Crippen molar-refractivity contribution in [1.82, 2.24) is 14.8 Å². The largest absolute Gasteiger partial charge is 0.481 e. The van der Waals surface area contributed by atoms with Gasteiger partial charge in [0, 0.05) is 30.5 Å².